The van der Waals surface area contributed by atoms with Gasteiger partial charge in [0.05, 0.1) is 0 Å². The summed E-state index contributed by atoms with van der Waals surface area (Å²) in [6.45, 7) is 2.86. The first-order chi connectivity index (χ1) is 13.7. The number of amides is 1. The Morgan fingerprint density at radius 1 is 0.929 bits per heavy atom. The van der Waals surface area contributed by atoms with Gasteiger partial charge in [-0.25, -0.2) is 9.97 Å². The Morgan fingerprint density at radius 3 is 2.32 bits per heavy atom. The highest BCUT2D eigenvalue weighted by Crippen LogP contribution is 2.25. The topological polar surface area (TPSA) is 61.4 Å². The number of piperazine rings is 1. The number of rotatable bonds is 5. The molecule has 1 N–H and O–H groups in total. The van der Waals surface area contributed by atoms with Gasteiger partial charge in [-0.2, -0.15) is 0 Å². The van der Waals surface area contributed by atoms with Crippen molar-refractivity contribution in [3.8, 4) is 11.4 Å². The molecule has 1 aliphatic rings. The van der Waals surface area contributed by atoms with Crippen LogP contribution in [0.25, 0.3) is 11.4 Å². The van der Waals surface area contributed by atoms with Gasteiger partial charge < -0.3 is 15.1 Å². The molecule has 2 aromatic carbocycles. The highest BCUT2D eigenvalue weighted by molar-refractivity contribution is 6.30. The second-order valence-corrected chi connectivity index (χ2v) is 7.00. The molecule has 0 spiro atoms. The largest absolute Gasteiger partial charge is 0.353 e. The van der Waals surface area contributed by atoms with E-state index in [1.54, 1.807) is 4.90 Å². The molecule has 0 bridgehead atoms. The maximum atomic E-state index is 11.0. The predicted molar refractivity (Wildman–Crippen MR) is 112 cm³/mol. The SMILES string of the molecule is O=CN1CCN(c2cc(Nc3ccc(Cl)cc3)nc(-c3ccccc3)n2)CC1. The van der Waals surface area contributed by atoms with Gasteiger partial charge in [0.25, 0.3) is 0 Å². The zero-order chi connectivity index (χ0) is 19.3. The molecule has 0 atom stereocenters. The van der Waals surface area contributed by atoms with Crippen LogP contribution >= 0.6 is 11.6 Å². The third-order valence-corrected chi connectivity index (χ3v) is 4.90. The van der Waals surface area contributed by atoms with E-state index in [0.717, 1.165) is 36.6 Å². The normalized spacial score (nSPS) is 14.0. The van der Waals surface area contributed by atoms with Crippen molar-refractivity contribution >= 4 is 35.3 Å². The number of hydrogen-bond donors (Lipinski definition) is 1. The Bertz CT molecular complexity index is 941. The Labute approximate surface area is 168 Å². The summed E-state index contributed by atoms with van der Waals surface area (Å²) in [6.07, 6.45) is 0.903. The number of aromatic nitrogens is 2. The smallest absolute Gasteiger partial charge is 0.209 e. The van der Waals surface area contributed by atoms with Crippen LogP contribution in [0.1, 0.15) is 0 Å². The number of nitrogens with one attached hydrogen (secondary N) is 1. The molecule has 1 fully saturated rings. The molecule has 0 aliphatic carbocycles. The number of halogens is 1. The second-order valence-electron chi connectivity index (χ2n) is 6.56. The van der Waals surface area contributed by atoms with E-state index < -0.39 is 0 Å². The molecule has 6 nitrogen and oxygen atoms in total. The highest BCUT2D eigenvalue weighted by atomic mass is 35.5. The molecule has 28 heavy (non-hydrogen) atoms. The summed E-state index contributed by atoms with van der Waals surface area (Å²) in [6, 6.07) is 19.3. The molecule has 1 aliphatic heterocycles. The van der Waals surface area contributed by atoms with Crippen LogP contribution in [0, 0.1) is 0 Å². The minimum absolute atomic E-state index is 0.660. The zero-order valence-electron chi connectivity index (χ0n) is 15.3. The van der Waals surface area contributed by atoms with Crippen molar-refractivity contribution < 1.29 is 4.79 Å². The van der Waals surface area contributed by atoms with Crippen molar-refractivity contribution in [1.29, 1.82) is 0 Å². The molecule has 4 rings (SSSR count). The lowest BCUT2D eigenvalue weighted by Crippen LogP contribution is -2.46. The molecule has 0 saturated carbocycles. The van der Waals surface area contributed by atoms with Crippen LogP contribution in [0.5, 0.6) is 0 Å². The highest BCUT2D eigenvalue weighted by Gasteiger charge is 2.18. The van der Waals surface area contributed by atoms with Gasteiger partial charge in [-0.3, -0.25) is 4.79 Å². The monoisotopic (exact) mass is 393 g/mol. The number of nitrogens with zero attached hydrogens (tertiary/aromatic N) is 4. The van der Waals surface area contributed by atoms with E-state index in [1.165, 1.54) is 0 Å². The Morgan fingerprint density at radius 2 is 1.64 bits per heavy atom. The van der Waals surface area contributed by atoms with Crippen molar-refractivity contribution in [1.82, 2.24) is 14.9 Å². The summed E-state index contributed by atoms with van der Waals surface area (Å²) in [5.41, 5.74) is 1.86. The van der Waals surface area contributed by atoms with Gasteiger partial charge in [-0.1, -0.05) is 41.9 Å². The molecule has 1 saturated heterocycles. The van der Waals surface area contributed by atoms with Crippen molar-refractivity contribution in [2.75, 3.05) is 36.4 Å². The minimum Gasteiger partial charge on any atom is -0.353 e. The van der Waals surface area contributed by atoms with Crippen LogP contribution in [0.15, 0.2) is 60.7 Å². The zero-order valence-corrected chi connectivity index (χ0v) is 16.0. The van der Waals surface area contributed by atoms with Gasteiger partial charge >= 0.3 is 0 Å². The van der Waals surface area contributed by atoms with Gasteiger partial charge in [-0.05, 0) is 24.3 Å². The fraction of sp³-hybridized carbons (Fsp3) is 0.190. The van der Waals surface area contributed by atoms with E-state index in [4.69, 9.17) is 21.6 Å². The Kier molecular flexibility index (Phi) is 5.39. The number of carbonyl (C=O) groups excluding carboxylic acids is 1. The summed E-state index contributed by atoms with van der Waals surface area (Å²) in [7, 11) is 0. The standard InChI is InChI=1S/C21H20ClN5O/c22-17-6-8-18(9-7-17)23-19-14-20(27-12-10-26(15-28)11-13-27)25-21(24-19)16-4-2-1-3-5-16/h1-9,14-15H,10-13H2,(H,23,24,25). The second kappa shape index (κ2) is 8.27. The Balaban J connectivity index is 1.67. The maximum absolute atomic E-state index is 11.0. The van der Waals surface area contributed by atoms with E-state index in [0.29, 0.717) is 29.8 Å². The van der Waals surface area contributed by atoms with E-state index >= 15 is 0 Å². The molecule has 7 heteroatoms. The van der Waals surface area contributed by atoms with Gasteiger partial charge in [0.1, 0.15) is 11.6 Å². The lowest BCUT2D eigenvalue weighted by Gasteiger charge is -2.33. The number of anilines is 3. The third-order valence-electron chi connectivity index (χ3n) is 4.65. The summed E-state index contributed by atoms with van der Waals surface area (Å²) in [5.74, 6) is 2.22. The molecule has 2 heterocycles. The van der Waals surface area contributed by atoms with Gasteiger partial charge in [0.15, 0.2) is 5.82 Å². The van der Waals surface area contributed by atoms with Crippen molar-refractivity contribution in [2.24, 2.45) is 0 Å². The van der Waals surface area contributed by atoms with Crippen LogP contribution in [0.3, 0.4) is 0 Å². The first-order valence-corrected chi connectivity index (χ1v) is 9.50. The number of benzene rings is 2. The summed E-state index contributed by atoms with van der Waals surface area (Å²) < 4.78 is 0. The fourth-order valence-electron chi connectivity index (χ4n) is 3.11. The average molecular weight is 394 g/mol. The van der Waals surface area contributed by atoms with Crippen LogP contribution in [0.2, 0.25) is 5.02 Å². The molecular weight excluding hydrogens is 374 g/mol. The lowest BCUT2D eigenvalue weighted by molar-refractivity contribution is -0.118. The van der Waals surface area contributed by atoms with E-state index in [9.17, 15) is 4.79 Å². The predicted octanol–water partition coefficient (Wildman–Crippen LogP) is 3.82. The summed E-state index contributed by atoms with van der Waals surface area (Å²) >= 11 is 5.98. The average Bonchev–Trinajstić information content (AvgIpc) is 2.76. The first-order valence-electron chi connectivity index (χ1n) is 9.13. The van der Waals surface area contributed by atoms with Crippen molar-refractivity contribution in [3.05, 3.63) is 65.7 Å². The van der Waals surface area contributed by atoms with Crippen molar-refractivity contribution in [3.63, 3.8) is 0 Å². The van der Waals surface area contributed by atoms with Gasteiger partial charge in [0, 0.05) is 48.5 Å². The van der Waals surface area contributed by atoms with E-state index in [2.05, 4.69) is 10.2 Å². The number of carbonyl (C=O) groups is 1. The molecule has 1 aromatic heterocycles. The van der Waals surface area contributed by atoms with E-state index in [1.807, 2.05) is 60.7 Å². The van der Waals surface area contributed by atoms with Gasteiger partial charge in [-0.15, -0.1) is 0 Å². The quantitative estimate of drug-likeness (QED) is 0.668. The van der Waals surface area contributed by atoms with Crippen LogP contribution in [-0.4, -0.2) is 47.5 Å². The summed E-state index contributed by atoms with van der Waals surface area (Å²) in [5, 5.41) is 4.02. The third kappa shape index (κ3) is 4.23. The van der Waals surface area contributed by atoms with E-state index in [-0.39, 0.29) is 0 Å². The van der Waals surface area contributed by atoms with Crippen molar-refractivity contribution in [2.45, 2.75) is 0 Å². The van der Waals surface area contributed by atoms with Crippen LogP contribution in [0.4, 0.5) is 17.3 Å². The molecule has 0 unspecified atom stereocenters. The molecule has 142 valence electrons. The van der Waals surface area contributed by atoms with Crippen LogP contribution in [-0.2, 0) is 4.79 Å². The molecular formula is C21H20ClN5O. The van der Waals surface area contributed by atoms with Crippen LogP contribution < -0.4 is 10.2 Å². The molecule has 0 radical (unpaired) electrons. The summed E-state index contributed by atoms with van der Waals surface area (Å²) in [4.78, 5) is 24.4. The minimum atomic E-state index is 0.660. The Hall–Kier alpha value is -3.12. The molecule has 3 aromatic rings. The molecule has 1 amide bonds. The van der Waals surface area contributed by atoms with Gasteiger partial charge in [0.2, 0.25) is 6.41 Å². The maximum Gasteiger partial charge on any atom is 0.209 e. The fourth-order valence-corrected chi connectivity index (χ4v) is 3.24. The lowest BCUT2D eigenvalue weighted by atomic mass is 10.2. The first kappa shape index (κ1) is 18.3. The number of hydrogen-bond acceptors (Lipinski definition) is 5.